The molecule has 3 amide bonds. The highest BCUT2D eigenvalue weighted by Crippen LogP contribution is 2.59. The fourth-order valence-corrected chi connectivity index (χ4v) is 11.0. The third kappa shape index (κ3) is 5.75. The van der Waals surface area contributed by atoms with E-state index >= 15 is 0 Å². The van der Waals surface area contributed by atoms with Gasteiger partial charge in [0, 0.05) is 42.2 Å². The predicted octanol–water partition coefficient (Wildman–Crippen LogP) is 4.70. The maximum Gasteiger partial charge on any atom is 0.264 e. The van der Waals surface area contributed by atoms with E-state index in [0.717, 1.165) is 61.0 Å². The molecule has 242 valence electrons. The molecule has 0 aromatic heterocycles. The summed E-state index contributed by atoms with van der Waals surface area (Å²) in [6, 6.07) is 15.4. The Bertz CT molecular complexity index is 1440. The van der Waals surface area contributed by atoms with Gasteiger partial charge in [0.15, 0.2) is 13.9 Å². The Hall–Kier alpha value is -3.05. The summed E-state index contributed by atoms with van der Waals surface area (Å²) in [7, 11) is -2.92. The third-order valence-corrected chi connectivity index (χ3v) is 13.1. The smallest absolute Gasteiger partial charge is 0.264 e. The number of aliphatic hydroxyl groups excluding tert-OH is 1. The number of hydrogen-bond donors (Lipinski definition) is 2. The fraction of sp³-hybridized carbons (Fsp3) is 0.571. The fourth-order valence-electron chi connectivity index (χ4n) is 8.47. The molecule has 2 aromatic carbocycles. The molecule has 4 aliphatic rings. The lowest BCUT2D eigenvalue weighted by molar-refractivity contribution is -0.150. The number of ether oxygens (including phenoxy) is 1. The van der Waals surface area contributed by atoms with Crippen LogP contribution >= 0.6 is 0 Å². The van der Waals surface area contributed by atoms with Crippen molar-refractivity contribution < 1.29 is 29.0 Å². The van der Waals surface area contributed by atoms with Crippen molar-refractivity contribution in [1.82, 2.24) is 4.90 Å². The average molecular weight is 634 g/mol. The first-order valence-electron chi connectivity index (χ1n) is 16.7. The maximum absolute atomic E-state index is 14.7. The van der Waals surface area contributed by atoms with Crippen molar-refractivity contribution >= 4 is 37.4 Å². The van der Waals surface area contributed by atoms with E-state index in [9.17, 15) is 24.3 Å². The first-order chi connectivity index (χ1) is 21.6. The van der Waals surface area contributed by atoms with Gasteiger partial charge < -0.3 is 29.3 Å². The van der Waals surface area contributed by atoms with E-state index in [1.54, 1.807) is 9.80 Å². The van der Waals surface area contributed by atoms with Crippen LogP contribution in [0.2, 0.25) is 18.6 Å². The second-order valence-corrected chi connectivity index (χ2v) is 17.9. The minimum atomic E-state index is -2.92. The Morgan fingerprint density at radius 3 is 2.58 bits per heavy atom. The normalized spacial score (nSPS) is 29.0. The molecule has 0 bridgehead atoms. The van der Waals surface area contributed by atoms with Crippen molar-refractivity contribution in [2.45, 2.75) is 101 Å². The molecule has 10 heteroatoms. The van der Waals surface area contributed by atoms with Gasteiger partial charge >= 0.3 is 0 Å². The van der Waals surface area contributed by atoms with Crippen LogP contribution in [0.3, 0.4) is 0 Å². The number of benzene rings is 2. The zero-order valence-electron chi connectivity index (χ0n) is 26.8. The monoisotopic (exact) mass is 633 g/mol. The van der Waals surface area contributed by atoms with Crippen molar-refractivity contribution in [2.24, 2.45) is 5.92 Å². The molecule has 4 aliphatic heterocycles. The van der Waals surface area contributed by atoms with Crippen molar-refractivity contribution in [3.05, 3.63) is 59.7 Å². The molecule has 9 nitrogen and oxygen atoms in total. The minimum absolute atomic E-state index is 0.0611. The molecule has 0 aliphatic carbocycles. The number of amides is 3. The third-order valence-electron chi connectivity index (χ3n) is 10.6. The maximum atomic E-state index is 14.7. The summed E-state index contributed by atoms with van der Waals surface area (Å²) < 4.78 is 6.85. The number of fused-ring (bicyclic) bond motifs is 2. The van der Waals surface area contributed by atoms with Crippen LogP contribution in [0.5, 0.6) is 0 Å². The molecule has 0 saturated carbocycles. The van der Waals surface area contributed by atoms with Gasteiger partial charge in [0.25, 0.3) is 5.91 Å². The lowest BCUT2D eigenvalue weighted by Crippen LogP contribution is -2.46. The Morgan fingerprint density at radius 1 is 1.02 bits per heavy atom. The van der Waals surface area contributed by atoms with E-state index in [2.05, 4.69) is 0 Å². The Kier molecular flexibility index (Phi) is 8.95. The lowest BCUT2D eigenvalue weighted by atomic mass is 9.82. The summed E-state index contributed by atoms with van der Waals surface area (Å²) in [5.74, 6) is -0.507. The van der Waals surface area contributed by atoms with Crippen LogP contribution in [0.25, 0.3) is 0 Å². The zero-order valence-corrected chi connectivity index (χ0v) is 27.8. The van der Waals surface area contributed by atoms with E-state index in [1.165, 1.54) is 0 Å². The summed E-state index contributed by atoms with van der Waals surface area (Å²) in [6.45, 7) is 7.24. The van der Waals surface area contributed by atoms with E-state index in [1.807, 2.05) is 73.4 Å². The Morgan fingerprint density at radius 2 is 1.80 bits per heavy atom. The standard InChI is InChI=1S/C35H47N3O6Si/c1-24-33(45(2,3)43)30(21-32(41)37-19-11-14-27(37)23-39)44-35(24)28-15-7-8-16-29(28)38(34(35)42)22-25-12-10-13-26(20-25)36-18-9-5-4-6-17-31(36)40/h7-8,10,12-13,15-16,20,24,27,30,33,39,43H,4-6,9,11,14,17-19,21-23H2,1-3H3/t24-,27+,30+,33-,35+/m1/s1. The molecule has 45 heavy (non-hydrogen) atoms. The molecule has 2 aromatic rings. The largest absolute Gasteiger partial charge is 0.432 e. The van der Waals surface area contributed by atoms with E-state index in [0.29, 0.717) is 26.1 Å². The summed E-state index contributed by atoms with van der Waals surface area (Å²) in [4.78, 5) is 58.2. The van der Waals surface area contributed by atoms with Gasteiger partial charge in [-0.15, -0.1) is 0 Å². The number of rotatable bonds is 7. The highest BCUT2D eigenvalue weighted by atomic mass is 28.4. The number of nitrogens with zero attached hydrogens (tertiary/aromatic N) is 3. The van der Waals surface area contributed by atoms with Crippen LogP contribution < -0.4 is 9.80 Å². The highest BCUT2D eigenvalue weighted by molar-refractivity contribution is 6.71. The number of likely N-dealkylation sites (tertiary alicyclic amines) is 1. The molecule has 6 rings (SSSR count). The lowest BCUT2D eigenvalue weighted by Gasteiger charge is -2.33. The molecular weight excluding hydrogens is 586 g/mol. The number of hydrogen-bond acceptors (Lipinski definition) is 6. The topological polar surface area (TPSA) is 111 Å². The number of anilines is 2. The second-order valence-electron chi connectivity index (χ2n) is 13.9. The molecule has 2 N–H and O–H groups in total. The van der Waals surface area contributed by atoms with Crippen LogP contribution in [0, 0.1) is 5.92 Å². The summed E-state index contributed by atoms with van der Waals surface area (Å²) in [6.07, 6.45) is 5.69. The van der Waals surface area contributed by atoms with Gasteiger partial charge in [0.1, 0.15) is 0 Å². The van der Waals surface area contributed by atoms with Gasteiger partial charge in [-0.2, -0.15) is 0 Å². The molecule has 3 fully saturated rings. The Labute approximate surface area is 267 Å². The SMILES string of the molecule is C[C@@H]1[C@@H]([Si](C)(C)O)[C@H](CC(=O)N2CCC[C@H]2CO)O[C@@]12C(=O)N(Cc1cccc(N3CCCCCCC3=O)c1)c1ccccc12. The molecule has 5 atom stereocenters. The Balaban J connectivity index is 1.31. The number of aliphatic hydroxyl groups is 1. The summed E-state index contributed by atoms with van der Waals surface area (Å²) >= 11 is 0. The quantitative estimate of drug-likeness (QED) is 0.428. The van der Waals surface area contributed by atoms with Gasteiger partial charge in [0.2, 0.25) is 11.8 Å². The van der Waals surface area contributed by atoms with Gasteiger partial charge in [-0.05, 0) is 62.5 Å². The van der Waals surface area contributed by atoms with Crippen LogP contribution in [0.4, 0.5) is 11.4 Å². The van der Waals surface area contributed by atoms with E-state index in [4.69, 9.17) is 4.74 Å². The molecule has 0 unspecified atom stereocenters. The van der Waals surface area contributed by atoms with Crippen LogP contribution in [-0.2, 0) is 31.3 Å². The van der Waals surface area contributed by atoms with Crippen molar-refractivity contribution in [1.29, 1.82) is 0 Å². The van der Waals surface area contributed by atoms with Crippen LogP contribution in [-0.4, -0.2) is 72.7 Å². The molecule has 4 heterocycles. The van der Waals surface area contributed by atoms with Crippen molar-refractivity contribution in [3.8, 4) is 0 Å². The van der Waals surface area contributed by atoms with Crippen molar-refractivity contribution in [2.75, 3.05) is 29.5 Å². The van der Waals surface area contributed by atoms with Crippen LogP contribution in [0.15, 0.2) is 48.5 Å². The second kappa shape index (κ2) is 12.6. The summed E-state index contributed by atoms with van der Waals surface area (Å²) in [5.41, 5.74) is 1.63. The molecular formula is C35H47N3O6Si. The van der Waals surface area contributed by atoms with E-state index < -0.39 is 20.0 Å². The number of carbonyl (C=O) groups is 3. The number of carbonyl (C=O) groups excluding carboxylic acids is 3. The minimum Gasteiger partial charge on any atom is -0.432 e. The van der Waals surface area contributed by atoms with Gasteiger partial charge in [0.05, 0.1) is 37.4 Å². The molecule has 3 saturated heterocycles. The average Bonchev–Trinajstić information content (AvgIpc) is 3.66. The van der Waals surface area contributed by atoms with Gasteiger partial charge in [-0.1, -0.05) is 50.1 Å². The molecule has 1 spiro atoms. The zero-order chi connectivity index (χ0) is 31.9. The highest BCUT2D eigenvalue weighted by Gasteiger charge is 2.66. The summed E-state index contributed by atoms with van der Waals surface area (Å²) in [5, 5.41) is 9.83. The number of para-hydroxylation sites is 1. The predicted molar refractivity (Wildman–Crippen MR) is 175 cm³/mol. The van der Waals surface area contributed by atoms with Crippen molar-refractivity contribution in [3.63, 3.8) is 0 Å². The van der Waals surface area contributed by atoms with E-state index in [-0.39, 0.29) is 48.3 Å². The first kappa shape index (κ1) is 31.9. The molecule has 0 radical (unpaired) electrons. The van der Waals surface area contributed by atoms with Crippen LogP contribution in [0.1, 0.15) is 69.4 Å². The van der Waals surface area contributed by atoms with Gasteiger partial charge in [-0.3, -0.25) is 14.4 Å². The van der Waals surface area contributed by atoms with Gasteiger partial charge in [-0.25, -0.2) is 0 Å². The first-order valence-corrected chi connectivity index (χ1v) is 19.7.